The van der Waals surface area contributed by atoms with Gasteiger partial charge in [0.1, 0.15) is 48.0 Å². The average Bonchev–Trinajstić information content (AvgIpc) is 3.82. The number of H-pyrrole nitrogens is 1. The molecule has 0 unspecified atom stereocenters. The van der Waals surface area contributed by atoms with E-state index < -0.39 is 118 Å². The predicted octanol–water partition coefficient (Wildman–Crippen LogP) is -1.34. The average molecular weight is 1120 g/mol. The molecule has 1 aliphatic heterocycles. The van der Waals surface area contributed by atoms with E-state index in [9.17, 15) is 53.7 Å². The van der Waals surface area contributed by atoms with Gasteiger partial charge in [0, 0.05) is 52.9 Å². The summed E-state index contributed by atoms with van der Waals surface area (Å²) in [5, 5.41) is 50.8. The number of aliphatic imine (C=N–C) groups is 1. The molecule has 8 amide bonds. The predicted molar refractivity (Wildman–Crippen MR) is 297 cm³/mol. The van der Waals surface area contributed by atoms with Crippen LogP contribution in [0.15, 0.2) is 90.1 Å². The van der Waals surface area contributed by atoms with Gasteiger partial charge >= 0.3 is 0 Å². The van der Waals surface area contributed by atoms with Crippen LogP contribution in [-0.4, -0.2) is 151 Å². The molecule has 5 rings (SSSR count). The minimum Gasteiger partial charge on any atom is -0.508 e. The smallest absolute Gasteiger partial charge is 0.245 e. The topological polar surface area (TPSA) is 414 Å². The molecule has 0 saturated carbocycles. The highest BCUT2D eigenvalue weighted by atomic mass is 33.1. The van der Waals surface area contributed by atoms with Crippen molar-refractivity contribution >= 4 is 85.7 Å². The number of benzene rings is 3. The van der Waals surface area contributed by atoms with E-state index in [1.54, 1.807) is 61.7 Å². The van der Waals surface area contributed by atoms with Gasteiger partial charge in [-0.05, 0) is 75.4 Å². The highest BCUT2D eigenvalue weighted by Crippen LogP contribution is 2.39. The van der Waals surface area contributed by atoms with Crippen molar-refractivity contribution in [3.05, 3.63) is 102 Å². The summed E-state index contributed by atoms with van der Waals surface area (Å²) in [7, 11) is 1.92. The van der Waals surface area contributed by atoms with Crippen LogP contribution in [0.4, 0.5) is 0 Å². The molecule has 0 spiro atoms. The maximum Gasteiger partial charge on any atom is 0.245 e. The van der Waals surface area contributed by atoms with Crippen LogP contribution in [0.2, 0.25) is 0 Å². The molecule has 26 heteroatoms. The number of nitrogens with zero attached hydrogens (tertiary/aromatic N) is 1. The summed E-state index contributed by atoms with van der Waals surface area (Å²) >= 11 is 0. The van der Waals surface area contributed by atoms with E-state index in [1.807, 2.05) is 6.07 Å². The Morgan fingerprint density at radius 1 is 0.769 bits per heavy atom. The third kappa shape index (κ3) is 17.3. The first-order valence-electron chi connectivity index (χ1n) is 25.1. The van der Waals surface area contributed by atoms with Crippen molar-refractivity contribution in [1.82, 2.24) is 42.2 Å². The molecule has 1 saturated heterocycles. The molecule has 1 aromatic heterocycles. The van der Waals surface area contributed by atoms with Crippen molar-refractivity contribution in [3.63, 3.8) is 0 Å². The number of hydrogen-bond donors (Lipinski definition) is 15. The van der Waals surface area contributed by atoms with E-state index in [4.69, 9.17) is 22.9 Å². The Hall–Kier alpha value is -7.39. The van der Waals surface area contributed by atoms with E-state index >= 15 is 0 Å². The van der Waals surface area contributed by atoms with E-state index in [-0.39, 0.29) is 49.7 Å². The first-order valence-corrected chi connectivity index (χ1v) is 27.5. The van der Waals surface area contributed by atoms with Crippen LogP contribution in [0.1, 0.15) is 70.1 Å². The minimum absolute atomic E-state index is 0.00378. The maximum absolute atomic E-state index is 14.9. The molecular weight excluding hydrogens is 1050 g/mol. The molecule has 0 aliphatic carbocycles. The molecule has 78 heavy (non-hydrogen) atoms. The standard InChI is InChI=1S/C52H71N13O11S2/c1-26(30-12-7-6-8-13-30)39(53)48(74)62-38-25-77-78-52(4,5)42(50(76)63-40(27(2)66)43(54)69)65-49(75)41(28(3)67)64-44(70)35(16-11-21-57-51(55)56)59-46(72)37(23-31-24-58-34-15-10-9-14-33(31)34)61-45(71)36(60-47(38)73)22-29-17-19-32(68)20-18-29/h6-10,12-15,17-20,24,26-28,35-42,58,66-68H,11,16,21-23,25,53H2,1-5H3,(H2,54,69)(H,59,72)(H,60,73)(H,61,71)(H,62,74)(H,63,76)(H,64,70)(H,65,75)(H4,55,56,57)/t26-,27+,28+,35-,36-,37+,38-,39-,40-,41+,42+/m0/s1. The summed E-state index contributed by atoms with van der Waals surface area (Å²) < 4.78 is -1.45. The number of para-hydroxylation sites is 1. The lowest BCUT2D eigenvalue weighted by atomic mass is 9.93. The number of guanidine groups is 1. The summed E-state index contributed by atoms with van der Waals surface area (Å²) in [4.78, 5) is 121. The number of fused-ring (bicyclic) bond motifs is 1. The Morgan fingerprint density at radius 2 is 1.37 bits per heavy atom. The number of aliphatic hydroxyl groups excluding tert-OH is 2. The number of aromatic nitrogens is 1. The van der Waals surface area contributed by atoms with E-state index in [0.29, 0.717) is 22.0 Å². The number of amides is 8. The molecule has 11 atom stereocenters. The number of aromatic hydroxyl groups is 1. The molecule has 19 N–H and O–H groups in total. The van der Waals surface area contributed by atoms with Crippen LogP contribution in [0, 0.1) is 0 Å². The number of aromatic amines is 1. The lowest BCUT2D eigenvalue weighted by Crippen LogP contribution is -2.65. The van der Waals surface area contributed by atoms with Crippen LogP contribution < -0.4 is 60.2 Å². The Balaban J connectivity index is 1.65. The van der Waals surface area contributed by atoms with Crippen molar-refractivity contribution < 1.29 is 53.7 Å². The first-order chi connectivity index (χ1) is 36.9. The van der Waals surface area contributed by atoms with Crippen molar-refractivity contribution in [2.24, 2.45) is 27.9 Å². The molecule has 2 heterocycles. The number of carbonyl (C=O) groups is 8. The van der Waals surface area contributed by atoms with Gasteiger partial charge < -0.3 is 80.5 Å². The zero-order valence-corrected chi connectivity index (χ0v) is 45.5. The molecule has 24 nitrogen and oxygen atoms in total. The molecule has 1 aliphatic rings. The Bertz CT molecular complexity index is 2780. The zero-order valence-electron chi connectivity index (χ0n) is 43.9. The van der Waals surface area contributed by atoms with Crippen LogP contribution in [0.3, 0.4) is 0 Å². The van der Waals surface area contributed by atoms with E-state index in [2.05, 4.69) is 47.2 Å². The van der Waals surface area contributed by atoms with Gasteiger partial charge in [-0.2, -0.15) is 0 Å². The molecule has 1 fully saturated rings. The Labute approximate surface area is 459 Å². The molecular formula is C52H71N13O11S2. The summed E-state index contributed by atoms with van der Waals surface area (Å²) in [5.41, 5.74) is 25.7. The van der Waals surface area contributed by atoms with Gasteiger partial charge in [0.2, 0.25) is 47.3 Å². The van der Waals surface area contributed by atoms with E-state index in [1.165, 1.54) is 52.0 Å². The molecule has 4 aromatic rings. The van der Waals surface area contributed by atoms with Gasteiger partial charge in [0.15, 0.2) is 5.96 Å². The fourth-order valence-electron chi connectivity index (χ4n) is 8.45. The number of primary amides is 1. The Morgan fingerprint density at radius 3 is 2.00 bits per heavy atom. The second kappa shape index (κ2) is 28.3. The molecule has 0 bridgehead atoms. The van der Waals surface area contributed by atoms with Crippen LogP contribution in [-0.2, 0) is 51.2 Å². The number of nitrogens with two attached hydrogens (primary N) is 4. The normalized spacial score (nSPS) is 22.8. The third-order valence-corrected chi connectivity index (χ3v) is 16.3. The molecule has 422 valence electrons. The van der Waals surface area contributed by atoms with Gasteiger partial charge in [-0.25, -0.2) is 0 Å². The third-order valence-electron chi connectivity index (χ3n) is 13.0. The number of nitrogens with one attached hydrogen (secondary N) is 8. The van der Waals surface area contributed by atoms with Gasteiger partial charge in [-0.1, -0.05) is 89.2 Å². The number of rotatable bonds is 17. The van der Waals surface area contributed by atoms with Crippen molar-refractivity contribution in [3.8, 4) is 5.75 Å². The quantitative estimate of drug-likeness (QED) is 0.0252. The van der Waals surface area contributed by atoms with Crippen LogP contribution >= 0.6 is 21.6 Å². The van der Waals surface area contributed by atoms with Crippen molar-refractivity contribution in [2.45, 2.75) is 132 Å². The summed E-state index contributed by atoms with van der Waals surface area (Å²) in [6, 6.07) is 9.79. The van der Waals surface area contributed by atoms with Crippen molar-refractivity contribution in [2.75, 3.05) is 12.3 Å². The molecule has 0 radical (unpaired) electrons. The monoisotopic (exact) mass is 1120 g/mol. The fourth-order valence-corrected chi connectivity index (χ4v) is 11.3. The Kier molecular flexibility index (Phi) is 22.3. The van der Waals surface area contributed by atoms with Gasteiger partial charge in [0.05, 0.1) is 18.2 Å². The number of aliphatic hydroxyl groups is 2. The van der Waals surface area contributed by atoms with Gasteiger partial charge in [0.25, 0.3) is 0 Å². The zero-order chi connectivity index (χ0) is 57.4. The number of phenols is 1. The second-order valence-corrected chi connectivity index (χ2v) is 22.6. The highest BCUT2D eigenvalue weighted by Gasteiger charge is 2.43. The second-order valence-electron chi connectivity index (χ2n) is 19.6. The maximum atomic E-state index is 14.9. The summed E-state index contributed by atoms with van der Waals surface area (Å²) in [6.07, 6.45) is -1.93. The first kappa shape index (κ1) is 61.5. The van der Waals surface area contributed by atoms with Gasteiger partial charge in [-0.3, -0.25) is 43.3 Å². The number of carbonyl (C=O) groups excluding carboxylic acids is 8. The summed E-state index contributed by atoms with van der Waals surface area (Å²) in [5.74, 6) is -8.71. The summed E-state index contributed by atoms with van der Waals surface area (Å²) in [6.45, 7) is 7.19. The van der Waals surface area contributed by atoms with Crippen molar-refractivity contribution in [1.29, 1.82) is 0 Å². The highest BCUT2D eigenvalue weighted by molar-refractivity contribution is 8.77. The van der Waals surface area contributed by atoms with Gasteiger partial charge in [-0.15, -0.1) is 0 Å². The number of hydrogen-bond acceptors (Lipinski definition) is 15. The SMILES string of the molecule is C[C@@H](O)[C@H](NC(=O)[C@H]1NC(=O)[C@@H]([C@@H](C)O)NC(=O)[C@H](CCCN=C(N)N)NC(=O)[C@@H](Cc2c[nH]c3ccccc23)NC(=O)[C@H](Cc2ccc(O)cc2)NC(=O)[C@@H](NC(=O)[C@@H](N)[C@@H](C)c2ccccc2)CSSC1(C)C)C(N)=O. The largest absolute Gasteiger partial charge is 0.508 e. The van der Waals surface area contributed by atoms with Crippen LogP contribution in [0.5, 0.6) is 5.75 Å². The number of phenolic OH excluding ortho intramolecular Hbond substituents is 1. The van der Waals surface area contributed by atoms with Crippen LogP contribution in [0.25, 0.3) is 10.9 Å². The molecule has 3 aromatic carbocycles. The fraction of sp³-hybridized carbons (Fsp3) is 0.442. The lowest BCUT2D eigenvalue weighted by Gasteiger charge is -2.36. The van der Waals surface area contributed by atoms with E-state index in [0.717, 1.165) is 27.2 Å². The minimum atomic E-state index is -1.80. The lowest BCUT2D eigenvalue weighted by molar-refractivity contribution is -0.137.